The third kappa shape index (κ3) is 4.52. The van der Waals surface area contributed by atoms with E-state index >= 15 is 0 Å². The number of carbonyl (C=O) groups excluding carboxylic acids is 3. The molecule has 0 bridgehead atoms. The number of rotatable bonds is 7. The number of anilines is 1. The van der Waals surface area contributed by atoms with Crippen LogP contribution in [0.4, 0.5) is 9.93 Å². The molecule has 27 heavy (non-hydrogen) atoms. The van der Waals surface area contributed by atoms with Gasteiger partial charge in [-0.05, 0) is 26.2 Å². The Morgan fingerprint density at radius 2 is 2.07 bits per heavy atom. The third-order valence-corrected chi connectivity index (χ3v) is 6.81. The van der Waals surface area contributed by atoms with Crippen molar-refractivity contribution >= 4 is 46.1 Å². The molecule has 0 aromatic carbocycles. The molecule has 1 spiro atoms. The Morgan fingerprint density at radius 3 is 2.78 bits per heavy atom. The van der Waals surface area contributed by atoms with Gasteiger partial charge in [0.05, 0.1) is 5.75 Å². The molecular weight excluding hydrogens is 388 g/mol. The lowest BCUT2D eigenvalue weighted by atomic mass is 9.82. The number of nitrogens with zero attached hydrogens (tertiary/aromatic N) is 3. The van der Waals surface area contributed by atoms with Crippen LogP contribution in [0.5, 0.6) is 0 Å². The number of hydrazine groups is 1. The Morgan fingerprint density at radius 1 is 1.33 bits per heavy atom. The van der Waals surface area contributed by atoms with E-state index in [1.807, 2.05) is 0 Å². The maximum Gasteiger partial charge on any atom is 0.344 e. The van der Waals surface area contributed by atoms with Crippen LogP contribution in [0.1, 0.15) is 52.4 Å². The highest BCUT2D eigenvalue weighted by atomic mass is 32.2. The largest absolute Gasteiger partial charge is 0.358 e. The van der Waals surface area contributed by atoms with Crippen LogP contribution in [0, 0.1) is 0 Å². The highest BCUT2D eigenvalue weighted by Crippen LogP contribution is 2.33. The molecule has 1 aliphatic carbocycles. The number of hydrogen-bond donors (Lipinski definition) is 3. The molecule has 4 amide bonds. The van der Waals surface area contributed by atoms with Crippen molar-refractivity contribution in [1.82, 2.24) is 25.9 Å². The molecular formula is C16H24N6O3S2. The van der Waals surface area contributed by atoms with E-state index in [4.69, 9.17) is 0 Å². The number of imide groups is 1. The summed E-state index contributed by atoms with van der Waals surface area (Å²) >= 11 is 2.59. The van der Waals surface area contributed by atoms with Crippen LogP contribution in [-0.2, 0) is 9.59 Å². The number of thioether (sulfide) groups is 1. The SMILES string of the molecule is CCC(C)Nc1nnc(SCC(=O)NN2C(=O)NC3(CCCCC3)C2=O)s1. The molecule has 11 heteroatoms. The predicted octanol–water partition coefficient (Wildman–Crippen LogP) is 2.13. The molecule has 0 radical (unpaired) electrons. The van der Waals surface area contributed by atoms with Gasteiger partial charge in [0.25, 0.3) is 5.91 Å². The fourth-order valence-corrected chi connectivity index (χ4v) is 4.80. The summed E-state index contributed by atoms with van der Waals surface area (Å²) in [6.45, 7) is 4.13. The van der Waals surface area contributed by atoms with Crippen molar-refractivity contribution in [3.05, 3.63) is 0 Å². The van der Waals surface area contributed by atoms with Crippen molar-refractivity contribution in [3.8, 4) is 0 Å². The van der Waals surface area contributed by atoms with Gasteiger partial charge in [-0.3, -0.25) is 15.0 Å². The van der Waals surface area contributed by atoms with Gasteiger partial charge in [0, 0.05) is 6.04 Å². The molecule has 1 saturated carbocycles. The first-order valence-corrected chi connectivity index (χ1v) is 10.9. The topological polar surface area (TPSA) is 116 Å². The molecule has 1 saturated heterocycles. The van der Waals surface area contributed by atoms with E-state index in [2.05, 4.69) is 40.1 Å². The molecule has 1 aromatic heterocycles. The van der Waals surface area contributed by atoms with Gasteiger partial charge in [-0.15, -0.1) is 10.2 Å². The van der Waals surface area contributed by atoms with Gasteiger partial charge < -0.3 is 10.6 Å². The van der Waals surface area contributed by atoms with Gasteiger partial charge in [0.1, 0.15) is 5.54 Å². The summed E-state index contributed by atoms with van der Waals surface area (Å²) in [5.41, 5.74) is 1.58. The monoisotopic (exact) mass is 412 g/mol. The van der Waals surface area contributed by atoms with E-state index in [-0.39, 0.29) is 11.7 Å². The average Bonchev–Trinajstić information content (AvgIpc) is 3.19. The third-order valence-electron chi connectivity index (χ3n) is 4.82. The quantitative estimate of drug-likeness (QED) is 0.464. The van der Waals surface area contributed by atoms with E-state index in [1.54, 1.807) is 0 Å². The van der Waals surface area contributed by atoms with E-state index in [1.165, 1.54) is 23.1 Å². The minimum absolute atomic E-state index is 0.0437. The molecule has 1 aliphatic heterocycles. The second-order valence-corrected chi connectivity index (χ2v) is 9.06. The molecule has 3 rings (SSSR count). The lowest BCUT2D eigenvalue weighted by molar-refractivity contribution is -0.139. The second-order valence-electron chi connectivity index (χ2n) is 6.86. The van der Waals surface area contributed by atoms with Gasteiger partial charge in [0.2, 0.25) is 11.0 Å². The summed E-state index contributed by atoms with van der Waals surface area (Å²) in [5.74, 6) is -0.744. The molecule has 1 atom stereocenters. The fraction of sp³-hybridized carbons (Fsp3) is 0.688. The number of amides is 4. The smallest absolute Gasteiger partial charge is 0.344 e. The number of nitrogens with one attached hydrogen (secondary N) is 3. The van der Waals surface area contributed by atoms with Crippen LogP contribution >= 0.6 is 23.1 Å². The Kier molecular flexibility index (Phi) is 6.20. The molecule has 9 nitrogen and oxygen atoms in total. The molecule has 1 unspecified atom stereocenters. The van der Waals surface area contributed by atoms with Crippen molar-refractivity contribution in [2.24, 2.45) is 0 Å². The molecule has 148 valence electrons. The first kappa shape index (κ1) is 19.9. The lowest BCUT2D eigenvalue weighted by Gasteiger charge is -2.30. The van der Waals surface area contributed by atoms with Crippen LogP contribution in [0.3, 0.4) is 0 Å². The van der Waals surface area contributed by atoms with Gasteiger partial charge >= 0.3 is 6.03 Å². The molecule has 2 fully saturated rings. The van der Waals surface area contributed by atoms with Crippen LogP contribution in [0.15, 0.2) is 4.34 Å². The maximum atomic E-state index is 12.6. The van der Waals surface area contributed by atoms with E-state index in [0.717, 1.165) is 30.7 Å². The zero-order chi connectivity index (χ0) is 19.4. The van der Waals surface area contributed by atoms with Crippen LogP contribution in [0.25, 0.3) is 0 Å². The summed E-state index contributed by atoms with van der Waals surface area (Å²) < 4.78 is 0.650. The van der Waals surface area contributed by atoms with Crippen LogP contribution in [0.2, 0.25) is 0 Å². The van der Waals surface area contributed by atoms with Crippen molar-refractivity contribution in [2.75, 3.05) is 11.1 Å². The van der Waals surface area contributed by atoms with Crippen molar-refractivity contribution in [3.63, 3.8) is 0 Å². The van der Waals surface area contributed by atoms with Crippen molar-refractivity contribution in [1.29, 1.82) is 0 Å². The van der Waals surface area contributed by atoms with Gasteiger partial charge in [-0.25, -0.2) is 4.79 Å². The van der Waals surface area contributed by atoms with Crippen LogP contribution in [-0.4, -0.2) is 50.4 Å². The summed E-state index contributed by atoms with van der Waals surface area (Å²) in [5, 5.41) is 15.6. The molecule has 2 aliphatic rings. The zero-order valence-electron chi connectivity index (χ0n) is 15.4. The molecule has 1 aromatic rings. The summed E-state index contributed by atoms with van der Waals surface area (Å²) in [6.07, 6.45) is 5.06. The first-order chi connectivity index (χ1) is 12.9. The highest BCUT2D eigenvalue weighted by molar-refractivity contribution is 8.01. The van der Waals surface area contributed by atoms with Gasteiger partial charge in [-0.1, -0.05) is 49.3 Å². The lowest BCUT2D eigenvalue weighted by Crippen LogP contribution is -2.51. The maximum absolute atomic E-state index is 12.6. The minimum Gasteiger partial charge on any atom is -0.358 e. The predicted molar refractivity (Wildman–Crippen MR) is 103 cm³/mol. The summed E-state index contributed by atoms with van der Waals surface area (Å²) in [4.78, 5) is 37.0. The first-order valence-electron chi connectivity index (χ1n) is 9.12. The highest BCUT2D eigenvalue weighted by Gasteiger charge is 2.52. The Bertz CT molecular complexity index is 719. The fourth-order valence-electron chi connectivity index (χ4n) is 3.14. The Hall–Kier alpha value is -1.88. The van der Waals surface area contributed by atoms with Gasteiger partial charge in [-0.2, -0.15) is 5.01 Å². The standard InChI is InChI=1S/C16H24N6O3S2/c1-3-10(2)17-13-19-20-15(27-13)26-9-11(23)21-22-12(24)16(18-14(22)25)7-5-4-6-8-16/h10H,3-9H2,1-2H3,(H,17,19)(H,18,25)(H,21,23). The molecule has 3 N–H and O–H groups in total. The average molecular weight is 413 g/mol. The van der Waals surface area contributed by atoms with E-state index in [9.17, 15) is 14.4 Å². The Balaban J connectivity index is 1.51. The Labute approximate surface area is 166 Å². The summed E-state index contributed by atoms with van der Waals surface area (Å²) in [7, 11) is 0. The zero-order valence-corrected chi connectivity index (χ0v) is 17.0. The summed E-state index contributed by atoms with van der Waals surface area (Å²) in [6, 6.07) is -0.262. The van der Waals surface area contributed by atoms with Gasteiger partial charge in [0.15, 0.2) is 4.34 Å². The number of urea groups is 1. The normalized spacial score (nSPS) is 19.9. The molecule has 2 heterocycles. The van der Waals surface area contributed by atoms with Crippen molar-refractivity contribution in [2.45, 2.75) is 68.3 Å². The number of hydrogen-bond acceptors (Lipinski definition) is 8. The van der Waals surface area contributed by atoms with Crippen molar-refractivity contribution < 1.29 is 14.4 Å². The number of aromatic nitrogens is 2. The van der Waals surface area contributed by atoms with E-state index < -0.39 is 17.5 Å². The minimum atomic E-state index is -0.842. The second kappa shape index (κ2) is 8.42. The van der Waals surface area contributed by atoms with Crippen LogP contribution < -0.4 is 16.1 Å². The van der Waals surface area contributed by atoms with E-state index in [0.29, 0.717) is 28.4 Å². The number of carbonyl (C=O) groups is 3.